The molecule has 1 rings (SSSR count). The Labute approximate surface area is 109 Å². The molecule has 0 saturated heterocycles. The van der Waals surface area contributed by atoms with E-state index in [1.54, 1.807) is 12.4 Å². The second kappa shape index (κ2) is 7.16. The minimum Gasteiger partial charge on any atom is -0.388 e. The lowest BCUT2D eigenvalue weighted by molar-refractivity contribution is 0.0456. The van der Waals surface area contributed by atoms with E-state index in [1.807, 2.05) is 13.8 Å². The van der Waals surface area contributed by atoms with Crippen molar-refractivity contribution in [1.29, 1.82) is 0 Å². The van der Waals surface area contributed by atoms with Gasteiger partial charge in [0.1, 0.15) is 11.6 Å². The van der Waals surface area contributed by atoms with Crippen molar-refractivity contribution in [2.75, 3.05) is 23.7 Å². The summed E-state index contributed by atoms with van der Waals surface area (Å²) in [4.78, 5) is 8.51. The Morgan fingerprint density at radius 3 is 2.28 bits per heavy atom. The maximum atomic E-state index is 10.2. The van der Waals surface area contributed by atoms with Crippen LogP contribution in [0.4, 0.5) is 11.6 Å². The molecule has 1 heterocycles. The highest BCUT2D eigenvalue weighted by Gasteiger charge is 2.21. The number of nitrogens with zero attached hydrogens (tertiary/aromatic N) is 2. The van der Waals surface area contributed by atoms with E-state index in [9.17, 15) is 5.11 Å². The van der Waals surface area contributed by atoms with Crippen LogP contribution in [0, 0.1) is 0 Å². The molecule has 102 valence electrons. The van der Waals surface area contributed by atoms with Crippen molar-refractivity contribution in [3.05, 3.63) is 12.4 Å². The van der Waals surface area contributed by atoms with E-state index in [-0.39, 0.29) is 0 Å². The Bertz CT molecular complexity index is 353. The van der Waals surface area contributed by atoms with Crippen LogP contribution in [0.1, 0.15) is 40.0 Å². The molecule has 1 aromatic heterocycles. The predicted molar refractivity (Wildman–Crippen MR) is 74.8 cm³/mol. The number of aromatic nitrogens is 2. The van der Waals surface area contributed by atoms with E-state index >= 15 is 0 Å². The summed E-state index contributed by atoms with van der Waals surface area (Å²) in [6.07, 6.45) is 5.86. The molecule has 5 heteroatoms. The van der Waals surface area contributed by atoms with Crippen LogP contribution in [0.2, 0.25) is 0 Å². The highest BCUT2D eigenvalue weighted by Crippen LogP contribution is 2.15. The summed E-state index contributed by atoms with van der Waals surface area (Å²) >= 11 is 0. The van der Waals surface area contributed by atoms with Crippen molar-refractivity contribution >= 4 is 11.6 Å². The lowest BCUT2D eigenvalue weighted by Gasteiger charge is -2.25. The Hall–Kier alpha value is -1.36. The fraction of sp³-hybridized carbons (Fsp3) is 0.692. The molecular weight excluding hydrogens is 228 g/mol. The number of anilines is 2. The molecule has 0 aliphatic rings. The van der Waals surface area contributed by atoms with Crippen LogP contribution in [-0.2, 0) is 0 Å². The average molecular weight is 252 g/mol. The number of aliphatic hydroxyl groups is 1. The molecule has 5 nitrogen and oxygen atoms in total. The Balaban J connectivity index is 2.56. The molecule has 0 radical (unpaired) electrons. The summed E-state index contributed by atoms with van der Waals surface area (Å²) < 4.78 is 0. The predicted octanol–water partition coefficient (Wildman–Crippen LogP) is 2.26. The third kappa shape index (κ3) is 4.49. The molecule has 0 aliphatic carbocycles. The third-order valence-electron chi connectivity index (χ3n) is 3.11. The Kier molecular flexibility index (Phi) is 5.85. The van der Waals surface area contributed by atoms with Crippen molar-refractivity contribution in [3.8, 4) is 0 Å². The van der Waals surface area contributed by atoms with Crippen molar-refractivity contribution in [3.63, 3.8) is 0 Å². The second-order valence-corrected chi connectivity index (χ2v) is 4.50. The van der Waals surface area contributed by atoms with Gasteiger partial charge in [0.25, 0.3) is 0 Å². The average Bonchev–Trinajstić information content (AvgIpc) is 2.43. The molecule has 18 heavy (non-hydrogen) atoms. The second-order valence-electron chi connectivity index (χ2n) is 4.50. The molecule has 0 bridgehead atoms. The molecule has 0 aromatic carbocycles. The maximum Gasteiger partial charge on any atom is 0.147 e. The number of hydrogen-bond acceptors (Lipinski definition) is 5. The van der Waals surface area contributed by atoms with Gasteiger partial charge in [-0.05, 0) is 19.3 Å². The molecule has 0 spiro atoms. The van der Waals surface area contributed by atoms with Crippen LogP contribution in [-0.4, -0.2) is 33.8 Å². The van der Waals surface area contributed by atoms with Crippen LogP contribution in [0.25, 0.3) is 0 Å². The van der Waals surface area contributed by atoms with Crippen LogP contribution >= 0.6 is 0 Å². The molecule has 3 N–H and O–H groups in total. The van der Waals surface area contributed by atoms with Crippen LogP contribution in [0.5, 0.6) is 0 Å². The van der Waals surface area contributed by atoms with Gasteiger partial charge in [-0.1, -0.05) is 20.8 Å². The van der Waals surface area contributed by atoms with Crippen molar-refractivity contribution in [1.82, 2.24) is 9.97 Å². The fourth-order valence-corrected chi connectivity index (χ4v) is 1.54. The van der Waals surface area contributed by atoms with Crippen LogP contribution in [0.15, 0.2) is 12.4 Å². The molecule has 1 aromatic rings. The smallest absolute Gasteiger partial charge is 0.147 e. The number of nitrogens with one attached hydrogen (secondary N) is 2. The summed E-state index contributed by atoms with van der Waals surface area (Å²) in [7, 11) is 0. The topological polar surface area (TPSA) is 70.1 Å². The van der Waals surface area contributed by atoms with Gasteiger partial charge < -0.3 is 15.7 Å². The SMILES string of the molecule is CCCNc1cncc(NCC(O)(CC)CC)n1. The first-order chi connectivity index (χ1) is 8.63. The number of hydrogen-bond donors (Lipinski definition) is 3. The Morgan fingerprint density at radius 1 is 1.11 bits per heavy atom. The van der Waals surface area contributed by atoms with Gasteiger partial charge in [0, 0.05) is 13.1 Å². The summed E-state index contributed by atoms with van der Waals surface area (Å²) in [6.45, 7) is 7.44. The quantitative estimate of drug-likeness (QED) is 0.662. The molecule has 0 unspecified atom stereocenters. The van der Waals surface area contributed by atoms with E-state index in [4.69, 9.17) is 0 Å². The molecule has 0 fully saturated rings. The van der Waals surface area contributed by atoms with E-state index in [1.165, 1.54) is 0 Å². The first-order valence-electron chi connectivity index (χ1n) is 6.65. The highest BCUT2D eigenvalue weighted by atomic mass is 16.3. The first kappa shape index (κ1) is 14.7. The van der Waals surface area contributed by atoms with Gasteiger partial charge in [-0.15, -0.1) is 0 Å². The van der Waals surface area contributed by atoms with Gasteiger partial charge >= 0.3 is 0 Å². The zero-order chi connectivity index (χ0) is 13.4. The normalized spacial score (nSPS) is 11.3. The molecular formula is C13H24N4O. The van der Waals surface area contributed by atoms with Gasteiger partial charge in [0.2, 0.25) is 0 Å². The largest absolute Gasteiger partial charge is 0.388 e. The molecule has 0 aliphatic heterocycles. The van der Waals surface area contributed by atoms with Gasteiger partial charge in [0.15, 0.2) is 0 Å². The number of rotatable bonds is 8. The highest BCUT2D eigenvalue weighted by molar-refractivity contribution is 5.41. The lowest BCUT2D eigenvalue weighted by atomic mass is 9.98. The van der Waals surface area contributed by atoms with E-state index in [2.05, 4.69) is 27.5 Å². The van der Waals surface area contributed by atoms with Crippen molar-refractivity contribution in [2.45, 2.75) is 45.6 Å². The lowest BCUT2D eigenvalue weighted by Crippen LogP contribution is -2.35. The van der Waals surface area contributed by atoms with Crippen LogP contribution < -0.4 is 10.6 Å². The zero-order valence-corrected chi connectivity index (χ0v) is 11.5. The molecule has 0 amide bonds. The summed E-state index contributed by atoms with van der Waals surface area (Å²) in [5, 5.41) is 16.5. The first-order valence-corrected chi connectivity index (χ1v) is 6.65. The minimum atomic E-state index is -0.672. The van der Waals surface area contributed by atoms with Crippen molar-refractivity contribution in [2.24, 2.45) is 0 Å². The van der Waals surface area contributed by atoms with Gasteiger partial charge in [-0.2, -0.15) is 0 Å². The minimum absolute atomic E-state index is 0.492. The molecule has 0 atom stereocenters. The Morgan fingerprint density at radius 2 is 1.72 bits per heavy atom. The summed E-state index contributed by atoms with van der Waals surface area (Å²) in [5.74, 6) is 1.45. The third-order valence-corrected chi connectivity index (χ3v) is 3.11. The fourth-order valence-electron chi connectivity index (χ4n) is 1.54. The monoisotopic (exact) mass is 252 g/mol. The maximum absolute atomic E-state index is 10.2. The zero-order valence-electron chi connectivity index (χ0n) is 11.5. The van der Waals surface area contributed by atoms with Crippen LogP contribution in [0.3, 0.4) is 0 Å². The van der Waals surface area contributed by atoms with E-state index < -0.39 is 5.60 Å². The summed E-state index contributed by atoms with van der Waals surface area (Å²) in [5.41, 5.74) is -0.672. The standard InChI is InChI=1S/C13H24N4O/c1-4-7-15-11-8-14-9-12(17-11)16-10-13(18,5-2)6-3/h8-9,18H,4-7,10H2,1-3H3,(H2,15,16,17). The van der Waals surface area contributed by atoms with Gasteiger partial charge in [0.05, 0.1) is 18.0 Å². The molecule has 0 saturated carbocycles. The van der Waals surface area contributed by atoms with E-state index in [0.717, 1.165) is 31.6 Å². The van der Waals surface area contributed by atoms with Gasteiger partial charge in [-0.3, -0.25) is 4.98 Å². The summed E-state index contributed by atoms with van der Waals surface area (Å²) in [6, 6.07) is 0. The van der Waals surface area contributed by atoms with Crippen molar-refractivity contribution < 1.29 is 5.11 Å². The van der Waals surface area contributed by atoms with E-state index in [0.29, 0.717) is 12.4 Å². The van der Waals surface area contributed by atoms with Gasteiger partial charge in [-0.25, -0.2) is 4.98 Å².